The highest BCUT2D eigenvalue weighted by atomic mass is 16.5. The molecule has 0 bridgehead atoms. The van der Waals surface area contributed by atoms with E-state index < -0.39 is 17.5 Å². The fraction of sp³-hybridized carbons (Fsp3) is 0.818. The van der Waals surface area contributed by atoms with Gasteiger partial charge in [-0.1, -0.05) is 6.92 Å². The molecule has 3 N–H and O–H groups in total. The van der Waals surface area contributed by atoms with Crippen molar-refractivity contribution in [2.45, 2.75) is 44.8 Å². The van der Waals surface area contributed by atoms with Gasteiger partial charge in [-0.15, -0.1) is 0 Å². The van der Waals surface area contributed by atoms with Crippen molar-refractivity contribution in [3.05, 3.63) is 0 Å². The third kappa shape index (κ3) is 3.89. The highest BCUT2D eigenvalue weighted by Gasteiger charge is 2.32. The summed E-state index contributed by atoms with van der Waals surface area (Å²) in [5.41, 5.74) is -1.22. The van der Waals surface area contributed by atoms with Gasteiger partial charge in [-0.05, 0) is 26.2 Å². The molecule has 0 aromatic rings. The average molecular weight is 244 g/mol. The zero-order valence-electron chi connectivity index (χ0n) is 10.3. The molecule has 98 valence electrons. The molecule has 6 heteroatoms. The Morgan fingerprint density at radius 3 is 2.71 bits per heavy atom. The summed E-state index contributed by atoms with van der Waals surface area (Å²) in [7, 11) is 0. The van der Waals surface area contributed by atoms with Crippen molar-refractivity contribution in [1.82, 2.24) is 10.6 Å². The average Bonchev–Trinajstić information content (AvgIpc) is 2.78. The Hall–Kier alpha value is -1.30. The monoisotopic (exact) mass is 244 g/mol. The molecule has 1 rings (SSSR count). The molecule has 0 spiro atoms. The van der Waals surface area contributed by atoms with Gasteiger partial charge in [0, 0.05) is 13.2 Å². The van der Waals surface area contributed by atoms with Crippen molar-refractivity contribution in [2.24, 2.45) is 0 Å². The fourth-order valence-electron chi connectivity index (χ4n) is 1.60. The minimum atomic E-state index is -1.22. The van der Waals surface area contributed by atoms with Crippen LogP contribution in [0.5, 0.6) is 0 Å². The van der Waals surface area contributed by atoms with E-state index in [0.717, 1.165) is 19.4 Å². The van der Waals surface area contributed by atoms with Crippen LogP contribution in [0.1, 0.15) is 33.1 Å². The number of carbonyl (C=O) groups excluding carboxylic acids is 1. The summed E-state index contributed by atoms with van der Waals surface area (Å²) in [5, 5.41) is 14.1. The number of nitrogens with one attached hydrogen (secondary N) is 2. The number of aliphatic carboxylic acids is 1. The van der Waals surface area contributed by atoms with Crippen LogP contribution in [-0.2, 0) is 9.53 Å². The number of carboxylic acids is 1. The number of urea groups is 1. The second kappa shape index (κ2) is 5.86. The summed E-state index contributed by atoms with van der Waals surface area (Å²) < 4.78 is 5.35. The van der Waals surface area contributed by atoms with E-state index in [1.165, 1.54) is 6.92 Å². The molecular formula is C11H20N2O4. The summed E-state index contributed by atoms with van der Waals surface area (Å²) in [6.45, 7) is 4.36. The number of rotatable bonds is 5. The van der Waals surface area contributed by atoms with Crippen molar-refractivity contribution in [2.75, 3.05) is 13.2 Å². The molecule has 2 amide bonds. The van der Waals surface area contributed by atoms with E-state index in [2.05, 4.69) is 10.6 Å². The first-order valence-electron chi connectivity index (χ1n) is 5.89. The van der Waals surface area contributed by atoms with E-state index >= 15 is 0 Å². The second-order valence-electron chi connectivity index (χ2n) is 4.46. The van der Waals surface area contributed by atoms with E-state index in [4.69, 9.17) is 9.84 Å². The minimum Gasteiger partial charge on any atom is -0.480 e. The highest BCUT2D eigenvalue weighted by Crippen LogP contribution is 2.11. The first-order chi connectivity index (χ1) is 7.98. The molecule has 0 aromatic heterocycles. The van der Waals surface area contributed by atoms with Crippen LogP contribution < -0.4 is 10.6 Å². The van der Waals surface area contributed by atoms with Gasteiger partial charge in [0.05, 0.1) is 6.10 Å². The Labute approximate surface area is 101 Å². The molecule has 1 aliphatic heterocycles. The Bertz CT molecular complexity index is 289. The lowest BCUT2D eigenvalue weighted by Gasteiger charge is -2.25. The first kappa shape index (κ1) is 13.8. The van der Waals surface area contributed by atoms with E-state index in [1.54, 1.807) is 6.92 Å². The standard InChI is InChI=1S/C11H20N2O4/c1-3-11(2,9(14)15)13-10(16)12-7-8-5-4-6-17-8/h8H,3-7H2,1-2H3,(H,14,15)(H2,12,13,16). The van der Waals surface area contributed by atoms with E-state index in [-0.39, 0.29) is 6.10 Å². The lowest BCUT2D eigenvalue weighted by molar-refractivity contribution is -0.143. The number of ether oxygens (including phenoxy) is 1. The Morgan fingerprint density at radius 2 is 2.24 bits per heavy atom. The normalized spacial score (nSPS) is 22.8. The molecule has 2 unspecified atom stereocenters. The maximum Gasteiger partial charge on any atom is 0.329 e. The molecule has 1 aliphatic rings. The second-order valence-corrected chi connectivity index (χ2v) is 4.46. The van der Waals surface area contributed by atoms with E-state index in [9.17, 15) is 9.59 Å². The molecule has 1 saturated heterocycles. The van der Waals surface area contributed by atoms with Crippen molar-refractivity contribution in [1.29, 1.82) is 0 Å². The molecule has 0 radical (unpaired) electrons. The van der Waals surface area contributed by atoms with Gasteiger partial charge in [0.2, 0.25) is 0 Å². The van der Waals surface area contributed by atoms with Crippen molar-refractivity contribution >= 4 is 12.0 Å². The number of hydrogen-bond donors (Lipinski definition) is 3. The van der Waals surface area contributed by atoms with Gasteiger partial charge in [0.15, 0.2) is 0 Å². The van der Waals surface area contributed by atoms with Crippen molar-refractivity contribution < 1.29 is 19.4 Å². The molecule has 0 aromatic carbocycles. The molecule has 2 atom stereocenters. The molecular weight excluding hydrogens is 224 g/mol. The number of carbonyl (C=O) groups is 2. The van der Waals surface area contributed by atoms with Crippen LogP contribution in [0.15, 0.2) is 0 Å². The van der Waals surface area contributed by atoms with Gasteiger partial charge < -0.3 is 20.5 Å². The Balaban J connectivity index is 2.34. The largest absolute Gasteiger partial charge is 0.480 e. The third-order valence-corrected chi connectivity index (χ3v) is 3.08. The SMILES string of the molecule is CCC(C)(NC(=O)NCC1CCCO1)C(=O)O. The van der Waals surface area contributed by atoms with Gasteiger partial charge in [-0.2, -0.15) is 0 Å². The van der Waals surface area contributed by atoms with Crippen LogP contribution in [-0.4, -0.2) is 41.9 Å². The minimum absolute atomic E-state index is 0.0541. The Kier molecular flexibility index (Phi) is 4.74. The van der Waals surface area contributed by atoms with Crippen LogP contribution in [0.25, 0.3) is 0 Å². The zero-order valence-corrected chi connectivity index (χ0v) is 10.3. The van der Waals surface area contributed by atoms with Crippen molar-refractivity contribution in [3.63, 3.8) is 0 Å². The smallest absolute Gasteiger partial charge is 0.329 e. The lowest BCUT2D eigenvalue weighted by atomic mass is 10.00. The van der Waals surface area contributed by atoms with Gasteiger partial charge in [0.25, 0.3) is 0 Å². The topological polar surface area (TPSA) is 87.7 Å². The maximum atomic E-state index is 11.5. The van der Waals surface area contributed by atoms with Crippen LogP contribution in [0, 0.1) is 0 Å². The Morgan fingerprint density at radius 1 is 1.53 bits per heavy atom. The summed E-state index contributed by atoms with van der Waals surface area (Å²) in [5.74, 6) is -1.03. The number of hydrogen-bond acceptors (Lipinski definition) is 3. The molecule has 17 heavy (non-hydrogen) atoms. The van der Waals surface area contributed by atoms with Gasteiger partial charge >= 0.3 is 12.0 Å². The summed E-state index contributed by atoms with van der Waals surface area (Å²) >= 11 is 0. The van der Waals surface area contributed by atoms with Crippen molar-refractivity contribution in [3.8, 4) is 0 Å². The van der Waals surface area contributed by atoms with Crippen LogP contribution >= 0.6 is 0 Å². The molecule has 1 heterocycles. The fourth-order valence-corrected chi connectivity index (χ4v) is 1.60. The van der Waals surface area contributed by atoms with Crippen LogP contribution in [0.2, 0.25) is 0 Å². The predicted octanol–water partition coefficient (Wildman–Crippen LogP) is 0.718. The van der Waals surface area contributed by atoms with Crippen LogP contribution in [0.3, 0.4) is 0 Å². The quantitative estimate of drug-likeness (QED) is 0.665. The molecule has 0 aliphatic carbocycles. The molecule has 0 saturated carbocycles. The van der Waals surface area contributed by atoms with Crippen LogP contribution in [0.4, 0.5) is 4.79 Å². The van der Waals surface area contributed by atoms with E-state index in [1.807, 2.05) is 0 Å². The number of amides is 2. The summed E-state index contributed by atoms with van der Waals surface area (Å²) in [4.78, 5) is 22.5. The summed E-state index contributed by atoms with van der Waals surface area (Å²) in [6, 6.07) is -0.466. The third-order valence-electron chi connectivity index (χ3n) is 3.08. The first-order valence-corrected chi connectivity index (χ1v) is 5.89. The lowest BCUT2D eigenvalue weighted by Crippen LogP contribution is -2.55. The van der Waals surface area contributed by atoms with Gasteiger partial charge in [-0.3, -0.25) is 0 Å². The van der Waals surface area contributed by atoms with Gasteiger partial charge in [-0.25, -0.2) is 9.59 Å². The van der Waals surface area contributed by atoms with Gasteiger partial charge in [0.1, 0.15) is 5.54 Å². The van der Waals surface area contributed by atoms with E-state index in [0.29, 0.717) is 13.0 Å². The molecule has 1 fully saturated rings. The highest BCUT2D eigenvalue weighted by molar-refractivity contribution is 5.85. The molecule has 6 nitrogen and oxygen atoms in total. The number of carboxylic acid groups (broad SMARTS) is 1. The maximum absolute atomic E-state index is 11.5. The predicted molar refractivity (Wildman–Crippen MR) is 61.8 cm³/mol. The zero-order chi connectivity index (χ0) is 12.9. The summed E-state index contributed by atoms with van der Waals surface area (Å²) in [6.07, 6.45) is 2.33.